The fraction of sp³-hybridized carbons (Fsp3) is 0.296. The second kappa shape index (κ2) is 10.2. The van der Waals surface area contributed by atoms with Gasteiger partial charge in [-0.05, 0) is 49.8 Å². The highest BCUT2D eigenvalue weighted by atomic mass is 32.2. The summed E-state index contributed by atoms with van der Waals surface area (Å²) in [6.07, 6.45) is 0. The quantitative estimate of drug-likeness (QED) is 0.346. The first kappa shape index (κ1) is 22.4. The van der Waals surface area contributed by atoms with Crippen LogP contribution in [0.5, 0.6) is 0 Å². The van der Waals surface area contributed by atoms with Gasteiger partial charge in [0.2, 0.25) is 0 Å². The molecule has 4 rings (SSSR count). The molecule has 3 aromatic carbocycles. The highest BCUT2D eigenvalue weighted by molar-refractivity contribution is 7.99. The van der Waals surface area contributed by atoms with Crippen molar-refractivity contribution in [2.24, 2.45) is 10.7 Å². The standard InChI is InChI=1S/C27H32N4S/c1-4-30(5-2)19-20(3)31-23-13-9-10-14-25(23)32-26-16-15-22(17-24(26)31)27(28)29-18-21-11-7-6-8-12-21/h6-17,20H,4-5,18-19H2,1-3H3,(H2,28,29)/t20-/m1/s1. The van der Waals surface area contributed by atoms with Crippen molar-refractivity contribution in [3.05, 3.63) is 83.9 Å². The molecule has 0 aromatic heterocycles. The third kappa shape index (κ3) is 4.84. The summed E-state index contributed by atoms with van der Waals surface area (Å²) in [6.45, 7) is 10.5. The predicted octanol–water partition coefficient (Wildman–Crippen LogP) is 5.93. The zero-order valence-electron chi connectivity index (χ0n) is 19.2. The average Bonchev–Trinajstić information content (AvgIpc) is 2.84. The number of para-hydroxylation sites is 1. The van der Waals surface area contributed by atoms with Crippen LogP contribution >= 0.6 is 11.8 Å². The number of likely N-dealkylation sites (N-methyl/N-ethyl adjacent to an activating group) is 1. The molecule has 0 bridgehead atoms. The minimum Gasteiger partial charge on any atom is -0.383 e. The molecule has 0 unspecified atom stereocenters. The van der Waals surface area contributed by atoms with E-state index in [9.17, 15) is 0 Å². The lowest BCUT2D eigenvalue weighted by atomic mass is 10.1. The van der Waals surface area contributed by atoms with E-state index in [2.05, 4.69) is 90.2 Å². The molecule has 0 spiro atoms. The van der Waals surface area contributed by atoms with Gasteiger partial charge in [-0.1, -0.05) is 74.1 Å². The number of aliphatic imine (C=N–C) groups is 1. The van der Waals surface area contributed by atoms with Gasteiger partial charge >= 0.3 is 0 Å². The minimum absolute atomic E-state index is 0.327. The zero-order chi connectivity index (χ0) is 22.5. The van der Waals surface area contributed by atoms with Gasteiger partial charge in [0.15, 0.2) is 0 Å². The molecule has 0 saturated carbocycles. The number of hydrogen-bond acceptors (Lipinski definition) is 4. The summed E-state index contributed by atoms with van der Waals surface area (Å²) in [7, 11) is 0. The lowest BCUT2D eigenvalue weighted by molar-refractivity contribution is 0.288. The Morgan fingerprint density at radius 2 is 1.62 bits per heavy atom. The molecule has 4 nitrogen and oxygen atoms in total. The first-order chi connectivity index (χ1) is 15.6. The highest BCUT2D eigenvalue weighted by Crippen LogP contribution is 2.49. The lowest BCUT2D eigenvalue weighted by Crippen LogP contribution is -2.41. The van der Waals surface area contributed by atoms with E-state index in [-0.39, 0.29) is 0 Å². The third-order valence-electron chi connectivity index (χ3n) is 5.99. The molecule has 0 aliphatic carbocycles. The summed E-state index contributed by atoms with van der Waals surface area (Å²) in [4.78, 5) is 12.2. The number of rotatable bonds is 8. The average molecular weight is 445 g/mol. The van der Waals surface area contributed by atoms with Gasteiger partial charge in [0, 0.05) is 27.9 Å². The van der Waals surface area contributed by atoms with Crippen molar-refractivity contribution < 1.29 is 0 Å². The van der Waals surface area contributed by atoms with Crippen LogP contribution in [0, 0.1) is 0 Å². The van der Waals surface area contributed by atoms with E-state index >= 15 is 0 Å². The topological polar surface area (TPSA) is 44.9 Å². The Morgan fingerprint density at radius 1 is 0.938 bits per heavy atom. The van der Waals surface area contributed by atoms with Gasteiger partial charge in [0.05, 0.1) is 17.9 Å². The highest BCUT2D eigenvalue weighted by Gasteiger charge is 2.28. The molecule has 32 heavy (non-hydrogen) atoms. The Kier molecular flexibility index (Phi) is 7.18. The maximum absolute atomic E-state index is 6.43. The van der Waals surface area contributed by atoms with E-state index in [0.717, 1.165) is 30.8 Å². The number of nitrogens with zero attached hydrogens (tertiary/aromatic N) is 3. The molecule has 166 valence electrons. The van der Waals surface area contributed by atoms with Crippen LogP contribution in [0.4, 0.5) is 11.4 Å². The second-order valence-electron chi connectivity index (χ2n) is 8.14. The van der Waals surface area contributed by atoms with E-state index in [1.54, 1.807) is 0 Å². The molecule has 3 aromatic rings. The van der Waals surface area contributed by atoms with Crippen LogP contribution in [-0.2, 0) is 6.54 Å². The molecule has 1 aliphatic heterocycles. The van der Waals surface area contributed by atoms with Gasteiger partial charge in [-0.3, -0.25) is 4.99 Å². The number of amidine groups is 1. The van der Waals surface area contributed by atoms with Gasteiger partial charge in [-0.25, -0.2) is 0 Å². The van der Waals surface area contributed by atoms with Crippen molar-refractivity contribution in [1.29, 1.82) is 0 Å². The SMILES string of the molecule is CCN(CC)C[C@@H](C)N1c2ccccc2Sc2ccc(C(N)=NCc3ccccc3)cc21. The fourth-order valence-electron chi connectivity index (χ4n) is 4.21. The Balaban J connectivity index is 1.68. The Labute approximate surface area is 196 Å². The number of benzene rings is 3. The lowest BCUT2D eigenvalue weighted by Gasteiger charge is -2.39. The smallest absolute Gasteiger partial charge is 0.126 e. The molecule has 1 aliphatic rings. The van der Waals surface area contributed by atoms with Crippen molar-refractivity contribution in [2.45, 2.75) is 43.1 Å². The van der Waals surface area contributed by atoms with E-state index in [1.807, 2.05) is 30.0 Å². The van der Waals surface area contributed by atoms with Crippen LogP contribution in [0.15, 0.2) is 87.6 Å². The molecule has 0 fully saturated rings. The van der Waals surface area contributed by atoms with Crippen LogP contribution in [0.3, 0.4) is 0 Å². The second-order valence-corrected chi connectivity index (χ2v) is 9.23. The number of anilines is 2. The molecule has 1 atom stereocenters. The summed E-state index contributed by atoms with van der Waals surface area (Å²) < 4.78 is 0. The van der Waals surface area contributed by atoms with Gasteiger partial charge < -0.3 is 15.5 Å². The normalized spacial score (nSPS) is 14.2. The van der Waals surface area contributed by atoms with Crippen LogP contribution in [0.1, 0.15) is 31.9 Å². The molecular weight excluding hydrogens is 412 g/mol. The van der Waals surface area contributed by atoms with E-state index in [0.29, 0.717) is 18.4 Å². The van der Waals surface area contributed by atoms with Gasteiger partial charge in [-0.15, -0.1) is 0 Å². The van der Waals surface area contributed by atoms with Crippen LogP contribution in [-0.4, -0.2) is 36.4 Å². The van der Waals surface area contributed by atoms with E-state index in [1.165, 1.54) is 21.2 Å². The summed E-state index contributed by atoms with van der Waals surface area (Å²) >= 11 is 1.83. The molecule has 0 saturated heterocycles. The Hall–Kier alpha value is -2.76. The minimum atomic E-state index is 0.327. The van der Waals surface area contributed by atoms with Gasteiger partial charge in [0.25, 0.3) is 0 Å². The number of fused-ring (bicyclic) bond motifs is 2. The van der Waals surface area contributed by atoms with Gasteiger partial charge in [-0.2, -0.15) is 0 Å². The first-order valence-corrected chi connectivity index (χ1v) is 12.2. The van der Waals surface area contributed by atoms with Crippen LogP contribution in [0.2, 0.25) is 0 Å². The number of nitrogens with two attached hydrogens (primary N) is 1. The van der Waals surface area contributed by atoms with E-state index < -0.39 is 0 Å². The van der Waals surface area contributed by atoms with Crippen molar-refractivity contribution in [2.75, 3.05) is 24.5 Å². The molecular formula is C27H32N4S. The largest absolute Gasteiger partial charge is 0.383 e. The van der Waals surface area contributed by atoms with Crippen molar-refractivity contribution in [3.63, 3.8) is 0 Å². The summed E-state index contributed by atoms with van der Waals surface area (Å²) in [5.74, 6) is 0.580. The molecule has 2 N–H and O–H groups in total. The van der Waals surface area contributed by atoms with Crippen molar-refractivity contribution >= 4 is 29.0 Å². The zero-order valence-corrected chi connectivity index (χ0v) is 20.0. The molecule has 5 heteroatoms. The maximum atomic E-state index is 6.43. The third-order valence-corrected chi connectivity index (χ3v) is 7.12. The Morgan fingerprint density at radius 3 is 2.38 bits per heavy atom. The summed E-state index contributed by atoms with van der Waals surface area (Å²) in [5, 5.41) is 0. The molecule has 1 heterocycles. The summed E-state index contributed by atoms with van der Waals surface area (Å²) in [6, 6.07) is 25.7. The molecule has 0 radical (unpaired) electrons. The van der Waals surface area contributed by atoms with E-state index in [4.69, 9.17) is 5.73 Å². The van der Waals surface area contributed by atoms with Crippen molar-refractivity contribution in [1.82, 2.24) is 4.90 Å². The van der Waals surface area contributed by atoms with Gasteiger partial charge in [0.1, 0.15) is 5.84 Å². The predicted molar refractivity (Wildman–Crippen MR) is 137 cm³/mol. The Bertz CT molecular complexity index is 1080. The first-order valence-electron chi connectivity index (χ1n) is 11.4. The molecule has 0 amide bonds. The van der Waals surface area contributed by atoms with Crippen molar-refractivity contribution in [3.8, 4) is 0 Å². The summed E-state index contributed by atoms with van der Waals surface area (Å²) in [5.41, 5.74) is 11.0. The maximum Gasteiger partial charge on any atom is 0.126 e. The monoisotopic (exact) mass is 444 g/mol. The number of hydrogen-bond donors (Lipinski definition) is 1. The van der Waals surface area contributed by atoms with Crippen LogP contribution in [0.25, 0.3) is 0 Å². The fourth-order valence-corrected chi connectivity index (χ4v) is 5.26. The van der Waals surface area contributed by atoms with Crippen LogP contribution < -0.4 is 10.6 Å².